The fraction of sp³-hybridized carbons (Fsp3) is 0.333. The van der Waals surface area contributed by atoms with E-state index in [9.17, 15) is 15.3 Å². The molecule has 2 rings (SSSR count). The minimum absolute atomic E-state index is 0.125. The Kier molecular flexibility index (Phi) is 8.30. The fourth-order valence-electron chi connectivity index (χ4n) is 2.44. The summed E-state index contributed by atoms with van der Waals surface area (Å²) >= 11 is 0. The van der Waals surface area contributed by atoms with Crippen LogP contribution in [0, 0.1) is 0 Å². The van der Waals surface area contributed by atoms with Crippen molar-refractivity contribution < 1.29 is 24.8 Å². The lowest BCUT2D eigenvalue weighted by molar-refractivity contribution is 0.160. The molecule has 0 aliphatic carbocycles. The van der Waals surface area contributed by atoms with Crippen molar-refractivity contribution in [1.29, 1.82) is 0 Å². The number of aromatic hydroxyl groups is 2. The molecule has 150 valence electrons. The molecule has 0 unspecified atom stereocenters. The average molecular weight is 386 g/mol. The first-order chi connectivity index (χ1) is 13.5. The van der Waals surface area contributed by atoms with Crippen LogP contribution in [0.5, 0.6) is 23.0 Å². The van der Waals surface area contributed by atoms with Gasteiger partial charge in [0.1, 0.15) is 23.0 Å². The third-order valence-electron chi connectivity index (χ3n) is 4.11. The van der Waals surface area contributed by atoms with Crippen molar-refractivity contribution in [2.24, 2.45) is 9.98 Å². The van der Waals surface area contributed by atoms with Gasteiger partial charge in [-0.25, -0.2) is 0 Å². The van der Waals surface area contributed by atoms with Crippen LogP contribution in [0.25, 0.3) is 0 Å². The molecule has 0 aliphatic heterocycles. The van der Waals surface area contributed by atoms with Gasteiger partial charge in [-0.15, -0.1) is 0 Å². The second-order valence-electron chi connectivity index (χ2n) is 6.15. The van der Waals surface area contributed by atoms with E-state index in [1.807, 2.05) is 0 Å². The van der Waals surface area contributed by atoms with Crippen molar-refractivity contribution in [3.05, 3.63) is 47.5 Å². The Morgan fingerprint density at radius 1 is 0.821 bits per heavy atom. The first-order valence-corrected chi connectivity index (χ1v) is 8.95. The second kappa shape index (κ2) is 10.9. The van der Waals surface area contributed by atoms with Crippen molar-refractivity contribution >= 4 is 12.4 Å². The number of hydrogen-bond donors (Lipinski definition) is 3. The molecule has 7 heteroatoms. The maximum atomic E-state index is 10.0. The van der Waals surface area contributed by atoms with Gasteiger partial charge in [0, 0.05) is 36.6 Å². The van der Waals surface area contributed by atoms with E-state index < -0.39 is 6.10 Å². The largest absolute Gasteiger partial charge is 0.507 e. The van der Waals surface area contributed by atoms with Gasteiger partial charge in [-0.1, -0.05) is 0 Å². The molecule has 0 atom stereocenters. The summed E-state index contributed by atoms with van der Waals surface area (Å²) in [5, 5.41) is 29.6. The van der Waals surface area contributed by atoms with Crippen LogP contribution in [0.15, 0.2) is 46.4 Å². The molecule has 0 amide bonds. The normalized spacial score (nSPS) is 12.5. The molecule has 0 saturated carbocycles. The SMILES string of the molecule is COc1ccc(O)c(C=NCCC(O)CCN=Cc2cc(OC)ccc2O)c1. The molecule has 0 bridgehead atoms. The Balaban J connectivity index is 1.75. The zero-order valence-electron chi connectivity index (χ0n) is 16.1. The molecule has 0 radical (unpaired) electrons. The number of ether oxygens (including phenoxy) is 2. The Bertz CT molecular complexity index is 753. The van der Waals surface area contributed by atoms with Crippen LogP contribution in [0.1, 0.15) is 24.0 Å². The van der Waals surface area contributed by atoms with Crippen molar-refractivity contribution in [1.82, 2.24) is 0 Å². The van der Waals surface area contributed by atoms with Crippen LogP contribution in [0.3, 0.4) is 0 Å². The molecule has 3 N–H and O–H groups in total. The molecule has 2 aromatic carbocycles. The van der Waals surface area contributed by atoms with Crippen molar-refractivity contribution in [2.45, 2.75) is 18.9 Å². The van der Waals surface area contributed by atoms with Crippen molar-refractivity contribution in [3.63, 3.8) is 0 Å². The van der Waals surface area contributed by atoms with Crippen molar-refractivity contribution in [2.75, 3.05) is 27.3 Å². The Labute approximate surface area is 164 Å². The van der Waals surface area contributed by atoms with Crippen LogP contribution in [0.4, 0.5) is 0 Å². The predicted molar refractivity (Wildman–Crippen MR) is 109 cm³/mol. The topological polar surface area (TPSA) is 104 Å². The van der Waals surface area contributed by atoms with E-state index in [2.05, 4.69) is 9.98 Å². The van der Waals surface area contributed by atoms with E-state index in [4.69, 9.17) is 9.47 Å². The van der Waals surface area contributed by atoms with Gasteiger partial charge in [0.05, 0.1) is 20.3 Å². The van der Waals surface area contributed by atoms with Gasteiger partial charge in [0.2, 0.25) is 0 Å². The zero-order chi connectivity index (χ0) is 20.4. The molecule has 0 aliphatic rings. The van der Waals surface area contributed by atoms with E-state index in [1.165, 1.54) is 0 Å². The summed E-state index contributed by atoms with van der Waals surface area (Å²) in [6.45, 7) is 0.858. The summed E-state index contributed by atoms with van der Waals surface area (Å²) in [5.74, 6) is 1.53. The highest BCUT2D eigenvalue weighted by molar-refractivity contribution is 5.84. The molecule has 28 heavy (non-hydrogen) atoms. The Hall–Kier alpha value is -3.06. The van der Waals surface area contributed by atoms with Gasteiger partial charge in [0.25, 0.3) is 0 Å². The predicted octanol–water partition coefficient (Wildman–Crippen LogP) is 2.79. The van der Waals surface area contributed by atoms with Crippen LogP contribution in [-0.2, 0) is 0 Å². The quantitative estimate of drug-likeness (QED) is 0.545. The lowest BCUT2D eigenvalue weighted by atomic mass is 10.2. The van der Waals surface area contributed by atoms with Crippen LogP contribution >= 0.6 is 0 Å². The van der Waals surface area contributed by atoms with Gasteiger partial charge in [0.15, 0.2) is 0 Å². The lowest BCUT2D eigenvalue weighted by Gasteiger charge is -2.07. The number of nitrogens with zero attached hydrogens (tertiary/aromatic N) is 2. The van der Waals surface area contributed by atoms with Gasteiger partial charge >= 0.3 is 0 Å². The van der Waals surface area contributed by atoms with Crippen LogP contribution in [-0.4, -0.2) is 61.2 Å². The first-order valence-electron chi connectivity index (χ1n) is 8.95. The maximum Gasteiger partial charge on any atom is 0.124 e. The molecular weight excluding hydrogens is 360 g/mol. The molecule has 0 fully saturated rings. The van der Waals surface area contributed by atoms with E-state index in [1.54, 1.807) is 63.0 Å². The van der Waals surface area contributed by atoms with Crippen LogP contribution in [0.2, 0.25) is 0 Å². The van der Waals surface area contributed by atoms with Gasteiger partial charge < -0.3 is 24.8 Å². The van der Waals surface area contributed by atoms with E-state index in [0.29, 0.717) is 48.6 Å². The highest BCUT2D eigenvalue weighted by Crippen LogP contribution is 2.22. The third-order valence-corrected chi connectivity index (χ3v) is 4.11. The highest BCUT2D eigenvalue weighted by atomic mass is 16.5. The Morgan fingerprint density at radius 2 is 1.25 bits per heavy atom. The molecule has 2 aromatic rings. The van der Waals surface area contributed by atoms with Gasteiger partial charge in [-0.05, 0) is 49.2 Å². The second-order valence-corrected chi connectivity index (χ2v) is 6.15. The van der Waals surface area contributed by atoms with E-state index in [-0.39, 0.29) is 11.5 Å². The molecule has 0 spiro atoms. The fourth-order valence-corrected chi connectivity index (χ4v) is 2.44. The summed E-state index contributed by atoms with van der Waals surface area (Å²) in [6, 6.07) is 9.82. The van der Waals surface area contributed by atoms with Gasteiger partial charge in [-0.2, -0.15) is 0 Å². The van der Waals surface area contributed by atoms with Crippen molar-refractivity contribution in [3.8, 4) is 23.0 Å². The molecule has 7 nitrogen and oxygen atoms in total. The number of phenols is 2. The monoisotopic (exact) mass is 386 g/mol. The summed E-state index contributed by atoms with van der Waals surface area (Å²) in [7, 11) is 3.11. The number of aliphatic hydroxyl groups excluding tert-OH is 1. The summed E-state index contributed by atoms with van der Waals surface area (Å²) in [5.41, 5.74) is 1.13. The number of methoxy groups -OCH3 is 2. The first kappa shape index (κ1) is 21.2. The van der Waals surface area contributed by atoms with Crippen LogP contribution < -0.4 is 9.47 Å². The number of hydrogen-bond acceptors (Lipinski definition) is 7. The van der Waals surface area contributed by atoms with E-state index >= 15 is 0 Å². The number of aliphatic imine (C=N–C) groups is 2. The molecular formula is C21H26N2O5. The number of phenolic OH excluding ortho intramolecular Hbond substituents is 2. The molecule has 0 aromatic heterocycles. The highest BCUT2D eigenvalue weighted by Gasteiger charge is 2.04. The maximum absolute atomic E-state index is 10.0. The third kappa shape index (κ3) is 6.59. The molecule has 0 saturated heterocycles. The zero-order valence-corrected chi connectivity index (χ0v) is 16.1. The summed E-state index contributed by atoms with van der Waals surface area (Å²) < 4.78 is 10.2. The molecule has 0 heterocycles. The minimum Gasteiger partial charge on any atom is -0.507 e. The summed E-state index contributed by atoms with van der Waals surface area (Å²) in [6.07, 6.45) is 3.57. The Morgan fingerprint density at radius 3 is 1.64 bits per heavy atom. The van der Waals surface area contributed by atoms with Gasteiger partial charge in [-0.3, -0.25) is 9.98 Å². The standard InChI is InChI=1S/C21H26N2O5/c1-27-18-3-5-20(25)15(11-18)13-22-9-7-17(24)8-10-23-14-16-12-19(28-2)4-6-21(16)26/h3-6,11-14,17,24-26H,7-10H2,1-2H3. The smallest absolute Gasteiger partial charge is 0.124 e. The number of benzene rings is 2. The number of rotatable bonds is 10. The summed E-state index contributed by atoms with van der Waals surface area (Å²) in [4.78, 5) is 8.48. The average Bonchev–Trinajstić information content (AvgIpc) is 2.71. The lowest BCUT2D eigenvalue weighted by Crippen LogP contribution is -2.09. The minimum atomic E-state index is -0.535. The van der Waals surface area contributed by atoms with E-state index in [0.717, 1.165) is 0 Å². The number of aliphatic hydroxyl groups is 1.